The Bertz CT molecular complexity index is 1230. The van der Waals surface area contributed by atoms with E-state index in [1.54, 1.807) is 30.6 Å². The number of rotatable bonds is 6. The fourth-order valence-electron chi connectivity index (χ4n) is 3.43. The summed E-state index contributed by atoms with van der Waals surface area (Å²) in [6.07, 6.45) is 3.44. The molecule has 31 heavy (non-hydrogen) atoms. The van der Waals surface area contributed by atoms with Crippen LogP contribution in [-0.4, -0.2) is 33.1 Å². The molecular weight excluding hydrogens is 394 g/mol. The predicted octanol–water partition coefficient (Wildman–Crippen LogP) is 3.34. The standard InChI is InChI=1S/C24H21N3O4/c1-27-14-13-25-23(27)21(17-8-3-2-4-9-17)26-20(28)15-31-24(30)19-12-11-16-7-5-6-10-18(16)22(19)29/h2-14,21,29H,15H2,1H3,(H,26,28)/t21-/m1/s1. The third-order valence-electron chi connectivity index (χ3n) is 5.01. The highest BCUT2D eigenvalue weighted by Gasteiger charge is 2.22. The SMILES string of the molecule is Cn1ccnc1[C@H](NC(=O)COC(=O)c1ccc2ccccc2c1O)c1ccccc1. The van der Waals surface area contributed by atoms with Crippen LogP contribution in [0.15, 0.2) is 79.1 Å². The average Bonchev–Trinajstić information content (AvgIpc) is 3.22. The molecule has 156 valence electrons. The third-order valence-corrected chi connectivity index (χ3v) is 5.01. The lowest BCUT2D eigenvalue weighted by Crippen LogP contribution is -2.34. The summed E-state index contributed by atoms with van der Waals surface area (Å²) in [5.41, 5.74) is 0.860. The van der Waals surface area contributed by atoms with E-state index in [0.717, 1.165) is 10.9 Å². The molecule has 1 aromatic heterocycles. The molecule has 4 rings (SSSR count). The Hall–Kier alpha value is -4.13. The molecule has 0 bridgehead atoms. The third kappa shape index (κ3) is 4.25. The number of aryl methyl sites for hydroxylation is 1. The summed E-state index contributed by atoms with van der Waals surface area (Å²) < 4.78 is 6.98. The van der Waals surface area contributed by atoms with E-state index in [0.29, 0.717) is 11.2 Å². The second-order valence-corrected chi connectivity index (χ2v) is 7.07. The lowest BCUT2D eigenvalue weighted by Gasteiger charge is -2.19. The largest absolute Gasteiger partial charge is 0.506 e. The second-order valence-electron chi connectivity index (χ2n) is 7.07. The zero-order valence-corrected chi connectivity index (χ0v) is 16.9. The van der Waals surface area contributed by atoms with Gasteiger partial charge in [-0.05, 0) is 17.0 Å². The second kappa shape index (κ2) is 8.71. The average molecular weight is 415 g/mol. The minimum Gasteiger partial charge on any atom is -0.506 e. The monoisotopic (exact) mass is 415 g/mol. The molecular formula is C24H21N3O4. The van der Waals surface area contributed by atoms with Crippen LogP contribution in [0.25, 0.3) is 10.8 Å². The molecule has 0 radical (unpaired) electrons. The first-order chi connectivity index (χ1) is 15.0. The van der Waals surface area contributed by atoms with Crippen LogP contribution in [0, 0.1) is 0 Å². The van der Waals surface area contributed by atoms with Gasteiger partial charge in [0.15, 0.2) is 6.61 Å². The molecule has 2 N–H and O–H groups in total. The van der Waals surface area contributed by atoms with E-state index < -0.39 is 24.5 Å². The first kappa shape index (κ1) is 20.2. The number of phenols is 1. The van der Waals surface area contributed by atoms with E-state index in [-0.39, 0.29) is 11.3 Å². The van der Waals surface area contributed by atoms with Crippen molar-refractivity contribution in [1.82, 2.24) is 14.9 Å². The van der Waals surface area contributed by atoms with Gasteiger partial charge in [0, 0.05) is 24.8 Å². The van der Waals surface area contributed by atoms with Crippen molar-refractivity contribution in [2.45, 2.75) is 6.04 Å². The summed E-state index contributed by atoms with van der Waals surface area (Å²) in [6, 6.07) is 19.3. The molecule has 4 aromatic rings. The van der Waals surface area contributed by atoms with Crippen molar-refractivity contribution in [2.24, 2.45) is 7.05 Å². The Balaban J connectivity index is 1.47. The Kier molecular flexibility index (Phi) is 5.66. The van der Waals surface area contributed by atoms with Gasteiger partial charge >= 0.3 is 5.97 Å². The molecule has 0 aliphatic heterocycles. The Morgan fingerprint density at radius 1 is 1.06 bits per heavy atom. The summed E-state index contributed by atoms with van der Waals surface area (Å²) in [5.74, 6) is -0.770. The lowest BCUT2D eigenvalue weighted by molar-refractivity contribution is -0.124. The number of carbonyl (C=O) groups excluding carboxylic acids is 2. The van der Waals surface area contributed by atoms with Gasteiger partial charge in [-0.25, -0.2) is 9.78 Å². The van der Waals surface area contributed by atoms with Crippen LogP contribution in [-0.2, 0) is 16.6 Å². The minimum absolute atomic E-state index is 0.00945. The molecule has 0 saturated heterocycles. The molecule has 0 unspecified atom stereocenters. The van der Waals surface area contributed by atoms with Gasteiger partial charge in [0.2, 0.25) is 0 Å². The van der Waals surface area contributed by atoms with E-state index in [4.69, 9.17) is 4.74 Å². The molecule has 7 nitrogen and oxygen atoms in total. The number of hydrogen-bond donors (Lipinski definition) is 2. The number of amides is 1. The first-order valence-electron chi connectivity index (χ1n) is 9.74. The van der Waals surface area contributed by atoms with Crippen LogP contribution < -0.4 is 5.32 Å². The van der Waals surface area contributed by atoms with E-state index in [1.807, 2.05) is 54.1 Å². The molecule has 0 spiro atoms. The van der Waals surface area contributed by atoms with Gasteiger partial charge in [-0.3, -0.25) is 4.79 Å². The number of nitrogens with zero attached hydrogens (tertiary/aromatic N) is 2. The Morgan fingerprint density at radius 2 is 1.81 bits per heavy atom. The highest BCUT2D eigenvalue weighted by Crippen LogP contribution is 2.29. The number of benzene rings is 3. The fraction of sp³-hybridized carbons (Fsp3) is 0.125. The lowest BCUT2D eigenvalue weighted by atomic mass is 10.1. The maximum atomic E-state index is 12.6. The predicted molar refractivity (Wildman–Crippen MR) is 116 cm³/mol. The maximum absolute atomic E-state index is 12.6. The quantitative estimate of drug-likeness (QED) is 0.471. The summed E-state index contributed by atoms with van der Waals surface area (Å²) in [6.45, 7) is -0.487. The zero-order valence-electron chi connectivity index (χ0n) is 16.9. The smallest absolute Gasteiger partial charge is 0.342 e. The minimum atomic E-state index is -0.772. The molecule has 0 aliphatic carbocycles. The van der Waals surface area contributed by atoms with Gasteiger partial charge < -0.3 is 19.7 Å². The molecule has 7 heteroatoms. The normalized spacial score (nSPS) is 11.8. The van der Waals surface area contributed by atoms with Gasteiger partial charge in [0.1, 0.15) is 23.2 Å². The van der Waals surface area contributed by atoms with Crippen molar-refractivity contribution in [3.63, 3.8) is 0 Å². The van der Waals surface area contributed by atoms with Crippen LogP contribution in [0.3, 0.4) is 0 Å². The molecule has 3 aromatic carbocycles. The van der Waals surface area contributed by atoms with Crippen molar-refractivity contribution < 1.29 is 19.4 Å². The van der Waals surface area contributed by atoms with Gasteiger partial charge in [-0.15, -0.1) is 0 Å². The van der Waals surface area contributed by atoms with E-state index in [9.17, 15) is 14.7 Å². The van der Waals surface area contributed by atoms with E-state index >= 15 is 0 Å². The van der Waals surface area contributed by atoms with Crippen molar-refractivity contribution >= 4 is 22.6 Å². The number of carbonyl (C=O) groups is 2. The summed E-state index contributed by atoms with van der Waals surface area (Å²) in [5, 5.41) is 14.6. The summed E-state index contributed by atoms with van der Waals surface area (Å²) in [7, 11) is 1.84. The molecule has 1 amide bonds. The molecule has 0 aliphatic rings. The number of aromatic hydroxyl groups is 1. The molecule has 1 heterocycles. The molecule has 0 fully saturated rings. The molecule has 0 saturated carbocycles. The number of aromatic nitrogens is 2. The van der Waals surface area contributed by atoms with Crippen molar-refractivity contribution in [2.75, 3.05) is 6.61 Å². The van der Waals surface area contributed by atoms with Crippen molar-refractivity contribution in [3.8, 4) is 5.75 Å². The number of esters is 1. The number of imidazole rings is 1. The van der Waals surface area contributed by atoms with Crippen LogP contribution in [0.2, 0.25) is 0 Å². The topological polar surface area (TPSA) is 93.5 Å². The Morgan fingerprint density at radius 3 is 2.55 bits per heavy atom. The van der Waals surface area contributed by atoms with E-state index in [2.05, 4.69) is 10.3 Å². The highest BCUT2D eigenvalue weighted by atomic mass is 16.5. The van der Waals surface area contributed by atoms with Crippen LogP contribution in [0.1, 0.15) is 27.8 Å². The van der Waals surface area contributed by atoms with Crippen LogP contribution in [0.4, 0.5) is 0 Å². The van der Waals surface area contributed by atoms with Gasteiger partial charge in [-0.2, -0.15) is 0 Å². The number of fused-ring (bicyclic) bond motifs is 1. The zero-order chi connectivity index (χ0) is 21.8. The maximum Gasteiger partial charge on any atom is 0.342 e. The van der Waals surface area contributed by atoms with Crippen LogP contribution >= 0.6 is 0 Å². The summed E-state index contributed by atoms with van der Waals surface area (Å²) in [4.78, 5) is 29.4. The Labute approximate surface area is 178 Å². The van der Waals surface area contributed by atoms with Gasteiger partial charge in [-0.1, -0.05) is 60.7 Å². The highest BCUT2D eigenvalue weighted by molar-refractivity contribution is 6.01. The van der Waals surface area contributed by atoms with Crippen molar-refractivity contribution in [1.29, 1.82) is 0 Å². The number of nitrogens with one attached hydrogen (secondary N) is 1. The van der Waals surface area contributed by atoms with Gasteiger partial charge in [0.05, 0.1) is 0 Å². The fourth-order valence-corrected chi connectivity index (χ4v) is 3.43. The van der Waals surface area contributed by atoms with Gasteiger partial charge in [0.25, 0.3) is 5.91 Å². The number of hydrogen-bond acceptors (Lipinski definition) is 5. The number of ether oxygens (including phenoxy) is 1. The summed E-state index contributed by atoms with van der Waals surface area (Å²) >= 11 is 0. The van der Waals surface area contributed by atoms with Crippen LogP contribution in [0.5, 0.6) is 5.75 Å². The molecule has 1 atom stereocenters. The number of phenolic OH excluding ortho intramolecular Hbond substituents is 1. The van der Waals surface area contributed by atoms with E-state index in [1.165, 1.54) is 6.07 Å². The van der Waals surface area contributed by atoms with Crippen molar-refractivity contribution in [3.05, 3.63) is 96.1 Å². The first-order valence-corrected chi connectivity index (χ1v) is 9.74.